The molecule has 0 saturated carbocycles. The maximum atomic E-state index is 12.6. The molecule has 0 N–H and O–H groups in total. The molecule has 0 spiro atoms. The first kappa shape index (κ1) is 17.6. The van der Waals surface area contributed by atoms with Gasteiger partial charge in [0.2, 0.25) is 0 Å². The molecule has 0 bridgehead atoms. The first-order valence-corrected chi connectivity index (χ1v) is 10.3. The molecule has 1 fully saturated rings. The lowest BCUT2D eigenvalue weighted by Gasteiger charge is -2.34. The van der Waals surface area contributed by atoms with E-state index in [1.807, 2.05) is 34.5 Å². The molecule has 134 valence electrons. The fraction of sp³-hybridized carbons (Fsp3) is 0.278. The van der Waals surface area contributed by atoms with Gasteiger partial charge in [0, 0.05) is 59.5 Å². The van der Waals surface area contributed by atoms with E-state index in [4.69, 9.17) is 0 Å². The van der Waals surface area contributed by atoms with E-state index >= 15 is 0 Å². The molecular formula is C18H17IN4O2S. The number of carbonyl (C=O) groups excluding carboxylic acids is 1. The summed E-state index contributed by atoms with van der Waals surface area (Å²) in [7, 11) is 0. The molecule has 1 aliphatic heterocycles. The van der Waals surface area contributed by atoms with Crippen molar-refractivity contribution < 1.29 is 4.79 Å². The Balaban J connectivity index is 1.40. The van der Waals surface area contributed by atoms with E-state index in [0.29, 0.717) is 19.6 Å². The summed E-state index contributed by atoms with van der Waals surface area (Å²) in [6.45, 7) is 3.56. The fourth-order valence-corrected chi connectivity index (χ4v) is 4.39. The van der Waals surface area contributed by atoms with Gasteiger partial charge < -0.3 is 4.90 Å². The van der Waals surface area contributed by atoms with Crippen molar-refractivity contribution in [3.63, 3.8) is 0 Å². The van der Waals surface area contributed by atoms with Gasteiger partial charge in [-0.25, -0.2) is 4.98 Å². The Labute approximate surface area is 168 Å². The molecule has 0 radical (unpaired) electrons. The largest absolute Gasteiger partial charge is 0.336 e. The Morgan fingerprint density at radius 3 is 2.77 bits per heavy atom. The minimum absolute atomic E-state index is 0.0428. The van der Waals surface area contributed by atoms with Crippen molar-refractivity contribution in [1.82, 2.24) is 19.2 Å². The zero-order valence-electron chi connectivity index (χ0n) is 14.0. The molecule has 6 nitrogen and oxygen atoms in total. The normalized spacial score (nSPS) is 15.5. The van der Waals surface area contributed by atoms with Crippen LogP contribution in [0.1, 0.15) is 16.1 Å². The number of halogens is 1. The average molecular weight is 480 g/mol. The van der Waals surface area contributed by atoms with Gasteiger partial charge in [0.25, 0.3) is 11.5 Å². The van der Waals surface area contributed by atoms with E-state index in [9.17, 15) is 9.59 Å². The van der Waals surface area contributed by atoms with E-state index in [1.165, 1.54) is 11.3 Å². The molecule has 8 heteroatoms. The molecule has 0 aliphatic carbocycles. The van der Waals surface area contributed by atoms with Crippen LogP contribution in [-0.4, -0.2) is 51.3 Å². The van der Waals surface area contributed by atoms with Crippen LogP contribution in [0.2, 0.25) is 0 Å². The summed E-state index contributed by atoms with van der Waals surface area (Å²) in [4.78, 5) is 34.1. The van der Waals surface area contributed by atoms with Gasteiger partial charge in [0.1, 0.15) is 0 Å². The molecule has 4 rings (SSSR count). The van der Waals surface area contributed by atoms with E-state index in [2.05, 4.69) is 32.5 Å². The zero-order valence-corrected chi connectivity index (χ0v) is 16.9. The number of hydrogen-bond donors (Lipinski definition) is 0. The summed E-state index contributed by atoms with van der Waals surface area (Å²) >= 11 is 3.68. The Morgan fingerprint density at radius 1 is 1.19 bits per heavy atom. The molecule has 1 aliphatic rings. The molecule has 3 heterocycles. The number of amides is 1. The second-order valence-electron chi connectivity index (χ2n) is 6.22. The smallest absolute Gasteiger partial charge is 0.258 e. The van der Waals surface area contributed by atoms with E-state index < -0.39 is 0 Å². The third-order valence-corrected chi connectivity index (χ3v) is 5.90. The Morgan fingerprint density at radius 2 is 2.00 bits per heavy atom. The van der Waals surface area contributed by atoms with Gasteiger partial charge in [-0.15, -0.1) is 11.3 Å². The SMILES string of the molecule is O=C(c1cccc(I)c1)N1CCN(Cc2cc(=O)n3ccsc3n2)CC1. The van der Waals surface area contributed by atoms with Gasteiger partial charge in [-0.1, -0.05) is 6.07 Å². The summed E-state index contributed by atoms with van der Waals surface area (Å²) in [5.74, 6) is 0.0829. The monoisotopic (exact) mass is 480 g/mol. The molecular weight excluding hydrogens is 463 g/mol. The number of fused-ring (bicyclic) bond motifs is 1. The summed E-state index contributed by atoms with van der Waals surface area (Å²) < 4.78 is 2.62. The van der Waals surface area contributed by atoms with Crippen molar-refractivity contribution >= 4 is 44.8 Å². The first-order chi connectivity index (χ1) is 12.6. The topological polar surface area (TPSA) is 57.9 Å². The van der Waals surface area contributed by atoms with Crippen LogP contribution in [0, 0.1) is 3.57 Å². The zero-order chi connectivity index (χ0) is 18.1. The molecule has 26 heavy (non-hydrogen) atoms. The molecule has 0 unspecified atom stereocenters. The van der Waals surface area contributed by atoms with Crippen LogP contribution in [0.3, 0.4) is 0 Å². The van der Waals surface area contributed by atoms with Crippen molar-refractivity contribution in [3.8, 4) is 0 Å². The first-order valence-electron chi connectivity index (χ1n) is 8.33. The van der Waals surface area contributed by atoms with Gasteiger partial charge in [-0.2, -0.15) is 0 Å². The summed E-state index contributed by atoms with van der Waals surface area (Å²) in [6.07, 6.45) is 1.74. The highest BCUT2D eigenvalue weighted by Crippen LogP contribution is 2.14. The lowest BCUT2D eigenvalue weighted by molar-refractivity contribution is 0.0627. The maximum Gasteiger partial charge on any atom is 0.258 e. The predicted molar refractivity (Wildman–Crippen MR) is 110 cm³/mol. The maximum absolute atomic E-state index is 12.6. The second-order valence-corrected chi connectivity index (χ2v) is 8.34. The minimum Gasteiger partial charge on any atom is -0.336 e. The third-order valence-electron chi connectivity index (χ3n) is 4.47. The number of hydrogen-bond acceptors (Lipinski definition) is 5. The predicted octanol–water partition coefficient (Wildman–Crippen LogP) is 2.32. The number of carbonyl (C=O) groups is 1. The van der Waals surface area contributed by atoms with Crippen molar-refractivity contribution in [2.75, 3.05) is 26.2 Å². The van der Waals surface area contributed by atoms with E-state index in [-0.39, 0.29) is 11.5 Å². The van der Waals surface area contributed by atoms with Gasteiger partial charge in [0.15, 0.2) is 4.96 Å². The fourth-order valence-electron chi connectivity index (χ4n) is 3.11. The third kappa shape index (κ3) is 3.67. The second kappa shape index (κ2) is 7.45. The van der Waals surface area contributed by atoms with Crippen LogP contribution in [0.4, 0.5) is 0 Å². The van der Waals surface area contributed by atoms with Crippen molar-refractivity contribution in [2.45, 2.75) is 6.54 Å². The molecule has 0 atom stereocenters. The molecule has 1 amide bonds. The quantitative estimate of drug-likeness (QED) is 0.541. The minimum atomic E-state index is -0.0428. The van der Waals surface area contributed by atoms with Crippen molar-refractivity contribution in [2.24, 2.45) is 0 Å². The molecule has 3 aromatic rings. The Kier molecular flexibility index (Phi) is 5.05. The van der Waals surface area contributed by atoms with E-state index in [0.717, 1.165) is 32.9 Å². The molecule has 1 aromatic carbocycles. The molecule has 1 saturated heterocycles. The van der Waals surface area contributed by atoms with Crippen LogP contribution in [0.5, 0.6) is 0 Å². The van der Waals surface area contributed by atoms with Crippen LogP contribution in [-0.2, 0) is 6.54 Å². The van der Waals surface area contributed by atoms with E-state index in [1.54, 1.807) is 16.7 Å². The van der Waals surface area contributed by atoms with Crippen LogP contribution < -0.4 is 5.56 Å². The highest BCUT2D eigenvalue weighted by molar-refractivity contribution is 14.1. The van der Waals surface area contributed by atoms with Crippen LogP contribution >= 0.6 is 33.9 Å². The van der Waals surface area contributed by atoms with Crippen molar-refractivity contribution in [3.05, 3.63) is 67.1 Å². The van der Waals surface area contributed by atoms with Gasteiger partial charge in [-0.3, -0.25) is 18.9 Å². The highest BCUT2D eigenvalue weighted by atomic mass is 127. The summed E-state index contributed by atoms with van der Waals surface area (Å²) in [6, 6.07) is 9.28. The van der Waals surface area contributed by atoms with Gasteiger partial charge >= 0.3 is 0 Å². The van der Waals surface area contributed by atoms with Gasteiger partial charge in [-0.05, 0) is 40.8 Å². The number of rotatable bonds is 3. The summed E-state index contributed by atoms with van der Waals surface area (Å²) in [5, 5.41) is 1.86. The van der Waals surface area contributed by atoms with Crippen LogP contribution in [0.15, 0.2) is 46.7 Å². The number of thiazole rings is 1. The standard InChI is InChI=1S/C18H17IN4O2S/c19-14-3-1-2-13(10-14)17(25)22-6-4-21(5-7-22)12-15-11-16(24)23-8-9-26-18(23)20-15/h1-3,8-11H,4-7,12H2. The van der Waals surface area contributed by atoms with Crippen molar-refractivity contribution in [1.29, 1.82) is 0 Å². The van der Waals surface area contributed by atoms with Crippen LogP contribution in [0.25, 0.3) is 4.96 Å². The molecule has 2 aromatic heterocycles. The van der Waals surface area contributed by atoms with Gasteiger partial charge in [0.05, 0.1) is 5.69 Å². The number of nitrogens with zero attached hydrogens (tertiary/aromatic N) is 4. The Bertz CT molecular complexity index is 1010. The lowest BCUT2D eigenvalue weighted by atomic mass is 10.2. The lowest BCUT2D eigenvalue weighted by Crippen LogP contribution is -2.48. The number of piperazine rings is 1. The summed E-state index contributed by atoms with van der Waals surface area (Å²) in [5.41, 5.74) is 1.48. The highest BCUT2D eigenvalue weighted by Gasteiger charge is 2.22. The number of benzene rings is 1. The number of aromatic nitrogens is 2. The Hall–Kier alpha value is -1.78. The average Bonchev–Trinajstić information content (AvgIpc) is 3.11.